The number of halogens is 2. The lowest BCUT2D eigenvalue weighted by Gasteiger charge is -2.08. The minimum absolute atomic E-state index is 0.264. The van der Waals surface area contributed by atoms with Crippen LogP contribution in [0, 0.1) is 11.3 Å². The molecule has 128 valence electrons. The van der Waals surface area contributed by atoms with Crippen LogP contribution in [0.15, 0.2) is 54.9 Å². The SMILES string of the molecule is N#Cc1ccccc1Nc1ncc(C(=O)Nc2cc(Cl)cc(Cl)c2)cn1. The predicted molar refractivity (Wildman–Crippen MR) is 101 cm³/mol. The molecule has 2 aromatic carbocycles. The molecule has 6 nitrogen and oxygen atoms in total. The van der Waals surface area contributed by atoms with Gasteiger partial charge in [0, 0.05) is 28.1 Å². The summed E-state index contributed by atoms with van der Waals surface area (Å²) in [5.41, 5.74) is 1.79. The zero-order chi connectivity index (χ0) is 18.5. The Bertz CT molecular complexity index is 979. The van der Waals surface area contributed by atoms with E-state index in [2.05, 4.69) is 26.7 Å². The minimum Gasteiger partial charge on any atom is -0.323 e. The van der Waals surface area contributed by atoms with E-state index in [4.69, 9.17) is 28.5 Å². The maximum Gasteiger partial charge on any atom is 0.258 e. The second-order valence-electron chi connectivity index (χ2n) is 5.19. The molecule has 3 aromatic rings. The van der Waals surface area contributed by atoms with E-state index >= 15 is 0 Å². The fourth-order valence-corrected chi connectivity index (χ4v) is 2.68. The third kappa shape index (κ3) is 4.28. The molecule has 0 saturated heterocycles. The monoisotopic (exact) mass is 383 g/mol. The van der Waals surface area contributed by atoms with Gasteiger partial charge >= 0.3 is 0 Å². The van der Waals surface area contributed by atoms with Crippen molar-refractivity contribution in [3.8, 4) is 6.07 Å². The van der Waals surface area contributed by atoms with Crippen LogP contribution in [0.25, 0.3) is 0 Å². The molecular formula is C18H11Cl2N5O. The van der Waals surface area contributed by atoms with E-state index in [1.807, 2.05) is 0 Å². The number of para-hydroxylation sites is 1. The van der Waals surface area contributed by atoms with E-state index in [0.717, 1.165) is 0 Å². The number of amides is 1. The fraction of sp³-hybridized carbons (Fsp3) is 0. The van der Waals surface area contributed by atoms with Crippen LogP contribution in [-0.2, 0) is 0 Å². The van der Waals surface area contributed by atoms with Crippen LogP contribution in [0.4, 0.5) is 17.3 Å². The first-order valence-electron chi connectivity index (χ1n) is 7.41. The summed E-state index contributed by atoms with van der Waals surface area (Å²) < 4.78 is 0. The van der Waals surface area contributed by atoms with Crippen molar-refractivity contribution in [1.29, 1.82) is 5.26 Å². The molecule has 0 fully saturated rings. The summed E-state index contributed by atoms with van der Waals surface area (Å²) >= 11 is 11.8. The van der Waals surface area contributed by atoms with Gasteiger partial charge in [-0.3, -0.25) is 4.79 Å². The highest BCUT2D eigenvalue weighted by Gasteiger charge is 2.10. The number of nitrogens with zero attached hydrogens (tertiary/aromatic N) is 3. The van der Waals surface area contributed by atoms with Crippen LogP contribution in [0.5, 0.6) is 0 Å². The number of hydrogen-bond donors (Lipinski definition) is 2. The van der Waals surface area contributed by atoms with Crippen molar-refractivity contribution < 1.29 is 4.79 Å². The average molecular weight is 384 g/mol. The van der Waals surface area contributed by atoms with Crippen molar-refractivity contribution in [3.05, 3.63) is 76.0 Å². The van der Waals surface area contributed by atoms with Crippen LogP contribution in [0.1, 0.15) is 15.9 Å². The zero-order valence-corrected chi connectivity index (χ0v) is 14.7. The van der Waals surface area contributed by atoms with Gasteiger partial charge < -0.3 is 10.6 Å². The molecule has 2 N–H and O–H groups in total. The highest BCUT2D eigenvalue weighted by atomic mass is 35.5. The summed E-state index contributed by atoms with van der Waals surface area (Å²) in [7, 11) is 0. The fourth-order valence-electron chi connectivity index (χ4n) is 2.15. The molecule has 0 aliphatic carbocycles. The molecule has 0 unspecified atom stereocenters. The second kappa shape index (κ2) is 7.83. The summed E-state index contributed by atoms with van der Waals surface area (Å²) in [5.74, 6) is -0.123. The molecule has 1 heterocycles. The van der Waals surface area contributed by atoms with Crippen LogP contribution >= 0.6 is 23.2 Å². The Morgan fingerprint density at radius 1 is 1.04 bits per heavy atom. The Morgan fingerprint density at radius 2 is 1.69 bits per heavy atom. The van der Waals surface area contributed by atoms with Crippen molar-refractivity contribution in [2.75, 3.05) is 10.6 Å². The molecule has 3 rings (SSSR count). The van der Waals surface area contributed by atoms with E-state index in [9.17, 15) is 4.79 Å². The standard InChI is InChI=1S/C18H11Cl2N5O/c19-13-5-14(20)7-15(6-13)24-17(26)12-9-22-18(23-10-12)25-16-4-2-1-3-11(16)8-21/h1-7,9-10H,(H,24,26)(H,22,23,25). The van der Waals surface area contributed by atoms with Gasteiger partial charge in [-0.2, -0.15) is 5.26 Å². The van der Waals surface area contributed by atoms with Gasteiger partial charge in [-0.15, -0.1) is 0 Å². The minimum atomic E-state index is -0.396. The molecule has 1 aromatic heterocycles. The molecule has 0 bridgehead atoms. The Hall–Kier alpha value is -3.14. The maximum atomic E-state index is 12.3. The van der Waals surface area contributed by atoms with Gasteiger partial charge in [0.2, 0.25) is 5.95 Å². The number of aromatic nitrogens is 2. The summed E-state index contributed by atoms with van der Waals surface area (Å²) in [6.45, 7) is 0. The summed E-state index contributed by atoms with van der Waals surface area (Å²) in [6, 6.07) is 13.8. The Balaban J connectivity index is 1.73. The quantitative estimate of drug-likeness (QED) is 0.683. The van der Waals surface area contributed by atoms with Crippen LogP contribution < -0.4 is 10.6 Å². The van der Waals surface area contributed by atoms with E-state index in [1.165, 1.54) is 12.4 Å². The predicted octanol–water partition coefficient (Wildman–Crippen LogP) is 4.65. The molecular weight excluding hydrogens is 373 g/mol. The van der Waals surface area contributed by atoms with Gasteiger partial charge in [0.15, 0.2) is 0 Å². The van der Waals surface area contributed by atoms with E-state index in [1.54, 1.807) is 42.5 Å². The highest BCUT2D eigenvalue weighted by Crippen LogP contribution is 2.23. The maximum absolute atomic E-state index is 12.3. The number of anilines is 3. The normalized spacial score (nSPS) is 10.0. The molecule has 26 heavy (non-hydrogen) atoms. The number of carbonyl (C=O) groups excluding carboxylic acids is 1. The Labute approximate surface area is 159 Å². The summed E-state index contributed by atoms with van der Waals surface area (Å²) in [5, 5.41) is 15.5. The van der Waals surface area contributed by atoms with Crippen molar-refractivity contribution in [2.24, 2.45) is 0 Å². The average Bonchev–Trinajstić information content (AvgIpc) is 2.62. The Kier molecular flexibility index (Phi) is 5.32. The van der Waals surface area contributed by atoms with Gasteiger partial charge in [-0.05, 0) is 30.3 Å². The lowest BCUT2D eigenvalue weighted by molar-refractivity contribution is 0.102. The molecule has 1 amide bonds. The molecule has 8 heteroatoms. The number of hydrogen-bond acceptors (Lipinski definition) is 5. The van der Waals surface area contributed by atoms with Crippen LogP contribution in [0.3, 0.4) is 0 Å². The molecule has 0 aliphatic heterocycles. The topological polar surface area (TPSA) is 90.7 Å². The Morgan fingerprint density at radius 3 is 2.35 bits per heavy atom. The number of rotatable bonds is 4. The summed E-state index contributed by atoms with van der Waals surface area (Å²) in [4.78, 5) is 20.5. The third-order valence-electron chi connectivity index (χ3n) is 3.33. The van der Waals surface area contributed by atoms with Crippen molar-refractivity contribution in [2.45, 2.75) is 0 Å². The smallest absolute Gasteiger partial charge is 0.258 e. The number of nitrogens with one attached hydrogen (secondary N) is 2. The zero-order valence-electron chi connectivity index (χ0n) is 13.2. The second-order valence-corrected chi connectivity index (χ2v) is 6.06. The first-order chi connectivity index (χ1) is 12.5. The molecule has 0 aliphatic rings. The largest absolute Gasteiger partial charge is 0.323 e. The van der Waals surface area contributed by atoms with Gasteiger partial charge in [0.05, 0.1) is 16.8 Å². The first-order valence-corrected chi connectivity index (χ1v) is 8.16. The van der Waals surface area contributed by atoms with Crippen LogP contribution in [0.2, 0.25) is 10.0 Å². The summed E-state index contributed by atoms with van der Waals surface area (Å²) in [6.07, 6.45) is 2.76. The third-order valence-corrected chi connectivity index (χ3v) is 3.76. The van der Waals surface area contributed by atoms with Crippen molar-refractivity contribution >= 4 is 46.4 Å². The van der Waals surface area contributed by atoms with Crippen LogP contribution in [-0.4, -0.2) is 15.9 Å². The number of carbonyl (C=O) groups is 1. The van der Waals surface area contributed by atoms with E-state index < -0.39 is 5.91 Å². The van der Waals surface area contributed by atoms with Gasteiger partial charge in [-0.25, -0.2) is 9.97 Å². The molecule has 0 atom stereocenters. The van der Waals surface area contributed by atoms with E-state index in [-0.39, 0.29) is 11.5 Å². The van der Waals surface area contributed by atoms with Gasteiger partial charge in [-0.1, -0.05) is 35.3 Å². The van der Waals surface area contributed by atoms with Gasteiger partial charge in [0.25, 0.3) is 5.91 Å². The molecule has 0 radical (unpaired) electrons. The number of benzene rings is 2. The number of nitriles is 1. The van der Waals surface area contributed by atoms with E-state index in [0.29, 0.717) is 27.0 Å². The molecule has 0 saturated carbocycles. The van der Waals surface area contributed by atoms with Gasteiger partial charge in [0.1, 0.15) is 6.07 Å². The first kappa shape index (κ1) is 17.7. The van der Waals surface area contributed by atoms with Crippen molar-refractivity contribution in [1.82, 2.24) is 9.97 Å². The highest BCUT2D eigenvalue weighted by molar-refractivity contribution is 6.35. The lowest BCUT2D eigenvalue weighted by Crippen LogP contribution is -2.13. The molecule has 0 spiro atoms. The lowest BCUT2D eigenvalue weighted by atomic mass is 10.2. The van der Waals surface area contributed by atoms with Crippen molar-refractivity contribution in [3.63, 3.8) is 0 Å².